The van der Waals surface area contributed by atoms with Gasteiger partial charge in [-0.25, -0.2) is 9.18 Å². The lowest BCUT2D eigenvalue weighted by molar-refractivity contribution is 0.0177. The summed E-state index contributed by atoms with van der Waals surface area (Å²) in [5, 5.41) is 14.3. The van der Waals surface area contributed by atoms with E-state index >= 15 is 0 Å². The molecule has 3 rings (SSSR count). The van der Waals surface area contributed by atoms with Crippen LogP contribution >= 0.6 is 0 Å². The van der Waals surface area contributed by atoms with Gasteiger partial charge < -0.3 is 14.7 Å². The van der Waals surface area contributed by atoms with Crippen molar-refractivity contribution in [1.29, 1.82) is 0 Å². The van der Waals surface area contributed by atoms with Gasteiger partial charge in [0, 0.05) is 37.0 Å². The van der Waals surface area contributed by atoms with E-state index in [1.54, 1.807) is 11.1 Å². The molecule has 0 unspecified atom stereocenters. The van der Waals surface area contributed by atoms with E-state index in [4.69, 9.17) is 4.74 Å². The van der Waals surface area contributed by atoms with Crippen LogP contribution in [0.5, 0.6) is 5.75 Å². The van der Waals surface area contributed by atoms with Crippen LogP contribution in [0.15, 0.2) is 30.6 Å². The Kier molecular flexibility index (Phi) is 5.39. The lowest BCUT2D eigenvalue weighted by atomic mass is 9.97. The number of nitrogens with zero attached hydrogens (tertiary/aromatic N) is 3. The Labute approximate surface area is 158 Å². The molecule has 0 spiro atoms. The molecule has 1 saturated heterocycles. The quantitative estimate of drug-likeness (QED) is 0.879. The Morgan fingerprint density at radius 1 is 1.33 bits per heavy atom. The molecule has 0 aliphatic carbocycles. The van der Waals surface area contributed by atoms with Gasteiger partial charge >= 0.3 is 6.09 Å². The third-order valence-corrected chi connectivity index (χ3v) is 4.61. The van der Waals surface area contributed by atoms with Crippen molar-refractivity contribution >= 4 is 6.09 Å². The van der Waals surface area contributed by atoms with Crippen LogP contribution in [0.3, 0.4) is 0 Å². The van der Waals surface area contributed by atoms with Crippen molar-refractivity contribution in [3.05, 3.63) is 36.4 Å². The van der Waals surface area contributed by atoms with Crippen LogP contribution < -0.4 is 0 Å². The zero-order valence-electron chi connectivity index (χ0n) is 16.0. The molecule has 1 aromatic heterocycles. The average molecular weight is 375 g/mol. The molecule has 0 atom stereocenters. The molecular formula is C20H26FN3O3. The Bertz CT molecular complexity index is 805. The number of phenols is 1. The summed E-state index contributed by atoms with van der Waals surface area (Å²) in [5.41, 5.74) is 0.626. The number of halogens is 1. The number of hydrogen-bond donors (Lipinski definition) is 1. The molecule has 146 valence electrons. The molecule has 27 heavy (non-hydrogen) atoms. The first kappa shape index (κ1) is 19.2. The van der Waals surface area contributed by atoms with Crippen LogP contribution in [0.4, 0.5) is 9.18 Å². The summed E-state index contributed by atoms with van der Waals surface area (Å²) in [5.74, 6) is 0.0317. The summed E-state index contributed by atoms with van der Waals surface area (Å²) in [6.45, 7) is 7.64. The SMILES string of the molecule is CC(C)(C)OC(=O)N1CCC(Cn2cc(-c3cc(F)ccc3O)cn2)CC1. The number of phenolic OH excluding ortho intramolecular Hbond substituents is 1. The highest BCUT2D eigenvalue weighted by Gasteiger charge is 2.27. The summed E-state index contributed by atoms with van der Waals surface area (Å²) in [4.78, 5) is 13.9. The van der Waals surface area contributed by atoms with Crippen molar-refractivity contribution in [3.63, 3.8) is 0 Å². The van der Waals surface area contributed by atoms with Crippen LogP contribution in [0, 0.1) is 11.7 Å². The van der Waals surface area contributed by atoms with E-state index in [2.05, 4.69) is 5.10 Å². The fourth-order valence-electron chi connectivity index (χ4n) is 3.23. The molecule has 0 saturated carbocycles. The molecule has 1 aliphatic rings. The highest BCUT2D eigenvalue weighted by Crippen LogP contribution is 2.30. The van der Waals surface area contributed by atoms with Gasteiger partial charge in [-0.05, 0) is 57.7 Å². The molecule has 0 bridgehead atoms. The Balaban J connectivity index is 1.56. The molecule has 2 heterocycles. The predicted molar refractivity (Wildman–Crippen MR) is 99.8 cm³/mol. The summed E-state index contributed by atoms with van der Waals surface area (Å²) in [6.07, 6.45) is 4.93. The summed E-state index contributed by atoms with van der Waals surface area (Å²) >= 11 is 0. The highest BCUT2D eigenvalue weighted by molar-refractivity contribution is 5.69. The number of aromatic nitrogens is 2. The van der Waals surface area contributed by atoms with Gasteiger partial charge in [-0.1, -0.05) is 0 Å². The first-order valence-electron chi connectivity index (χ1n) is 9.20. The number of piperidine rings is 1. The molecule has 1 N–H and O–H groups in total. The van der Waals surface area contributed by atoms with Crippen LogP contribution in [-0.4, -0.2) is 44.6 Å². The largest absolute Gasteiger partial charge is 0.507 e. The van der Waals surface area contributed by atoms with Crippen molar-refractivity contribution in [1.82, 2.24) is 14.7 Å². The highest BCUT2D eigenvalue weighted by atomic mass is 19.1. The van der Waals surface area contributed by atoms with Gasteiger partial charge in [0.15, 0.2) is 0 Å². The van der Waals surface area contributed by atoms with Crippen molar-refractivity contribution in [2.45, 2.75) is 45.8 Å². The normalized spacial score (nSPS) is 15.8. The van der Waals surface area contributed by atoms with Crippen LogP contribution in [0.25, 0.3) is 11.1 Å². The topological polar surface area (TPSA) is 67.6 Å². The maximum absolute atomic E-state index is 13.4. The minimum absolute atomic E-state index is 0.0293. The summed E-state index contributed by atoms with van der Waals surface area (Å²) in [6, 6.07) is 3.87. The minimum Gasteiger partial charge on any atom is -0.507 e. The molecule has 2 aromatic rings. The smallest absolute Gasteiger partial charge is 0.410 e. The van der Waals surface area contributed by atoms with Crippen molar-refractivity contribution in [2.75, 3.05) is 13.1 Å². The van der Waals surface area contributed by atoms with E-state index in [-0.39, 0.29) is 11.8 Å². The number of carbonyl (C=O) groups is 1. The second kappa shape index (κ2) is 7.58. The van der Waals surface area contributed by atoms with E-state index in [9.17, 15) is 14.3 Å². The van der Waals surface area contributed by atoms with Gasteiger partial charge in [-0.2, -0.15) is 5.10 Å². The minimum atomic E-state index is -0.484. The van der Waals surface area contributed by atoms with Gasteiger partial charge in [0.05, 0.1) is 6.20 Å². The number of benzene rings is 1. The first-order chi connectivity index (χ1) is 12.7. The average Bonchev–Trinajstić information content (AvgIpc) is 3.04. The van der Waals surface area contributed by atoms with Crippen molar-refractivity contribution in [2.24, 2.45) is 5.92 Å². The van der Waals surface area contributed by atoms with E-state index < -0.39 is 11.4 Å². The maximum atomic E-state index is 13.4. The number of hydrogen-bond acceptors (Lipinski definition) is 4. The number of carbonyl (C=O) groups excluding carboxylic acids is 1. The van der Waals surface area contributed by atoms with Gasteiger partial charge in [0.1, 0.15) is 17.2 Å². The van der Waals surface area contributed by atoms with Crippen LogP contribution in [0.1, 0.15) is 33.6 Å². The second-order valence-corrected chi connectivity index (χ2v) is 8.02. The maximum Gasteiger partial charge on any atom is 0.410 e. The summed E-state index contributed by atoms with van der Waals surface area (Å²) < 4.78 is 20.7. The van der Waals surface area contributed by atoms with Crippen LogP contribution in [0.2, 0.25) is 0 Å². The van der Waals surface area contributed by atoms with Crippen molar-refractivity contribution < 1.29 is 19.0 Å². The van der Waals surface area contributed by atoms with Gasteiger partial charge in [0.2, 0.25) is 0 Å². The number of ether oxygens (including phenoxy) is 1. The van der Waals surface area contributed by atoms with Crippen molar-refractivity contribution in [3.8, 4) is 16.9 Å². The molecule has 1 fully saturated rings. The van der Waals surface area contributed by atoms with E-state index in [0.29, 0.717) is 30.1 Å². The fraction of sp³-hybridized carbons (Fsp3) is 0.500. The molecule has 1 amide bonds. The fourth-order valence-corrected chi connectivity index (χ4v) is 3.23. The zero-order valence-corrected chi connectivity index (χ0v) is 16.0. The lowest BCUT2D eigenvalue weighted by Crippen LogP contribution is -2.42. The monoisotopic (exact) mass is 375 g/mol. The van der Waals surface area contributed by atoms with Crippen LogP contribution in [-0.2, 0) is 11.3 Å². The Morgan fingerprint density at radius 3 is 2.70 bits per heavy atom. The predicted octanol–water partition coefficient (Wildman–Crippen LogP) is 4.04. The van der Waals surface area contributed by atoms with Gasteiger partial charge in [0.25, 0.3) is 0 Å². The lowest BCUT2D eigenvalue weighted by Gasteiger charge is -2.33. The molecular weight excluding hydrogens is 349 g/mol. The second-order valence-electron chi connectivity index (χ2n) is 8.02. The van der Waals surface area contributed by atoms with E-state index in [1.165, 1.54) is 18.2 Å². The molecule has 0 radical (unpaired) electrons. The third-order valence-electron chi connectivity index (χ3n) is 4.61. The number of amides is 1. The third kappa shape index (κ3) is 4.99. The first-order valence-corrected chi connectivity index (χ1v) is 9.20. The van der Waals surface area contributed by atoms with E-state index in [0.717, 1.165) is 19.4 Å². The molecule has 1 aliphatic heterocycles. The summed E-state index contributed by atoms with van der Waals surface area (Å²) in [7, 11) is 0. The number of rotatable bonds is 3. The Hall–Kier alpha value is -2.57. The number of aromatic hydroxyl groups is 1. The molecule has 6 nitrogen and oxygen atoms in total. The standard InChI is InChI=1S/C20H26FN3O3/c1-20(2,3)27-19(26)23-8-6-14(7-9-23)12-24-13-15(11-22-24)17-10-16(21)4-5-18(17)25/h4-5,10-11,13-14,25H,6-9,12H2,1-3H3. The number of likely N-dealkylation sites (tertiary alicyclic amines) is 1. The molecule has 7 heteroatoms. The van der Waals surface area contributed by atoms with E-state index in [1.807, 2.05) is 31.6 Å². The van der Waals surface area contributed by atoms with Gasteiger partial charge in [-0.15, -0.1) is 0 Å². The zero-order chi connectivity index (χ0) is 19.6. The van der Waals surface area contributed by atoms with Gasteiger partial charge in [-0.3, -0.25) is 4.68 Å². The Morgan fingerprint density at radius 2 is 2.04 bits per heavy atom. The molecule has 1 aromatic carbocycles.